The Kier molecular flexibility index (Phi) is 7.87. The molecule has 1 amide bonds. The standard InChI is InChI=1S/C19H28N2O6/c1-4-26-19(24)21-9-7-20(8-10-21)12-16(23)13-27-17-6-5-15(14(2)22)11-18(17)25-3/h5-6,11,16,23H,4,7-10,12-13H2,1-3H3. The number of ketones is 1. The van der Waals surface area contributed by atoms with Crippen molar-refractivity contribution in [2.75, 3.05) is 53.0 Å². The van der Waals surface area contributed by atoms with Crippen LogP contribution in [-0.2, 0) is 4.74 Å². The van der Waals surface area contributed by atoms with Gasteiger partial charge in [-0.25, -0.2) is 4.79 Å². The number of amides is 1. The molecule has 1 saturated heterocycles. The topological polar surface area (TPSA) is 88.5 Å². The molecule has 0 spiro atoms. The number of carbonyl (C=O) groups excluding carboxylic acids is 2. The Morgan fingerprint density at radius 1 is 1.19 bits per heavy atom. The molecule has 1 N–H and O–H groups in total. The van der Waals surface area contributed by atoms with Gasteiger partial charge in [0.05, 0.1) is 13.7 Å². The molecule has 1 fully saturated rings. The SMILES string of the molecule is CCOC(=O)N1CCN(CC(O)COc2ccc(C(C)=O)cc2OC)CC1. The maximum Gasteiger partial charge on any atom is 0.409 e. The number of nitrogens with zero attached hydrogens (tertiary/aromatic N) is 2. The summed E-state index contributed by atoms with van der Waals surface area (Å²) < 4.78 is 15.9. The molecule has 1 heterocycles. The van der Waals surface area contributed by atoms with Crippen LogP contribution in [-0.4, -0.2) is 85.9 Å². The van der Waals surface area contributed by atoms with E-state index in [0.29, 0.717) is 56.4 Å². The average Bonchev–Trinajstić information content (AvgIpc) is 2.66. The zero-order chi connectivity index (χ0) is 19.8. The molecule has 0 aliphatic carbocycles. The summed E-state index contributed by atoms with van der Waals surface area (Å²) in [5.41, 5.74) is 0.541. The first-order valence-corrected chi connectivity index (χ1v) is 9.08. The van der Waals surface area contributed by atoms with Crippen molar-refractivity contribution in [3.63, 3.8) is 0 Å². The molecule has 2 rings (SSSR count). The van der Waals surface area contributed by atoms with Crippen LogP contribution in [0.25, 0.3) is 0 Å². The number of piperazine rings is 1. The molecule has 8 heteroatoms. The van der Waals surface area contributed by atoms with Gasteiger partial charge < -0.3 is 24.2 Å². The zero-order valence-corrected chi connectivity index (χ0v) is 16.1. The van der Waals surface area contributed by atoms with Crippen molar-refractivity contribution < 1.29 is 28.9 Å². The van der Waals surface area contributed by atoms with Gasteiger partial charge in [0.15, 0.2) is 17.3 Å². The largest absolute Gasteiger partial charge is 0.493 e. The summed E-state index contributed by atoms with van der Waals surface area (Å²) in [4.78, 5) is 26.9. The molecule has 1 atom stereocenters. The van der Waals surface area contributed by atoms with E-state index in [1.54, 1.807) is 30.0 Å². The summed E-state index contributed by atoms with van der Waals surface area (Å²) in [6, 6.07) is 4.96. The lowest BCUT2D eigenvalue weighted by atomic mass is 10.1. The molecule has 0 aromatic heterocycles. The van der Waals surface area contributed by atoms with Crippen LogP contribution in [0.5, 0.6) is 11.5 Å². The van der Waals surface area contributed by atoms with Gasteiger partial charge in [0.2, 0.25) is 0 Å². The first-order valence-electron chi connectivity index (χ1n) is 9.08. The monoisotopic (exact) mass is 380 g/mol. The van der Waals surface area contributed by atoms with Crippen molar-refractivity contribution in [1.29, 1.82) is 0 Å². The lowest BCUT2D eigenvalue weighted by molar-refractivity contribution is 0.0403. The van der Waals surface area contributed by atoms with Crippen molar-refractivity contribution in [3.05, 3.63) is 23.8 Å². The van der Waals surface area contributed by atoms with Crippen molar-refractivity contribution >= 4 is 11.9 Å². The summed E-state index contributed by atoms with van der Waals surface area (Å²) in [7, 11) is 1.51. The second-order valence-corrected chi connectivity index (χ2v) is 6.37. The summed E-state index contributed by atoms with van der Waals surface area (Å²) in [6.07, 6.45) is -0.974. The Labute approximate surface area is 159 Å². The fourth-order valence-corrected chi connectivity index (χ4v) is 2.87. The molecule has 27 heavy (non-hydrogen) atoms. The summed E-state index contributed by atoms with van der Waals surface area (Å²) >= 11 is 0. The van der Waals surface area contributed by atoms with E-state index in [9.17, 15) is 14.7 Å². The third kappa shape index (κ3) is 6.11. The minimum Gasteiger partial charge on any atom is -0.493 e. The number of rotatable bonds is 8. The van der Waals surface area contributed by atoms with Crippen LogP contribution in [0.3, 0.4) is 0 Å². The van der Waals surface area contributed by atoms with Crippen LogP contribution in [0, 0.1) is 0 Å². The van der Waals surface area contributed by atoms with Gasteiger partial charge in [-0.1, -0.05) is 0 Å². The number of ether oxygens (including phenoxy) is 3. The van der Waals surface area contributed by atoms with Gasteiger partial charge in [-0.3, -0.25) is 9.69 Å². The first kappa shape index (κ1) is 21.0. The highest BCUT2D eigenvalue weighted by Gasteiger charge is 2.23. The second kappa shape index (κ2) is 10.1. The Hall–Kier alpha value is -2.32. The predicted molar refractivity (Wildman–Crippen MR) is 99.5 cm³/mol. The summed E-state index contributed by atoms with van der Waals surface area (Å²) in [5, 5.41) is 10.3. The smallest absolute Gasteiger partial charge is 0.409 e. The second-order valence-electron chi connectivity index (χ2n) is 6.37. The van der Waals surface area contributed by atoms with Gasteiger partial charge in [-0.2, -0.15) is 0 Å². The Balaban J connectivity index is 1.79. The number of hydrogen-bond acceptors (Lipinski definition) is 7. The van der Waals surface area contributed by atoms with Crippen LogP contribution >= 0.6 is 0 Å². The van der Waals surface area contributed by atoms with E-state index in [4.69, 9.17) is 14.2 Å². The molecule has 1 aromatic carbocycles. The van der Waals surface area contributed by atoms with Crippen molar-refractivity contribution in [1.82, 2.24) is 9.80 Å². The van der Waals surface area contributed by atoms with E-state index < -0.39 is 6.10 Å². The van der Waals surface area contributed by atoms with E-state index in [-0.39, 0.29) is 18.5 Å². The molecule has 1 aliphatic rings. The van der Waals surface area contributed by atoms with E-state index >= 15 is 0 Å². The summed E-state index contributed by atoms with van der Waals surface area (Å²) in [5.74, 6) is 0.883. The molecule has 0 saturated carbocycles. The average molecular weight is 380 g/mol. The molecule has 1 aromatic rings. The predicted octanol–water partition coefficient (Wildman–Crippen LogP) is 1.41. The van der Waals surface area contributed by atoms with Crippen molar-refractivity contribution in [3.8, 4) is 11.5 Å². The van der Waals surface area contributed by atoms with Gasteiger partial charge in [0, 0.05) is 38.3 Å². The number of carbonyl (C=O) groups is 2. The summed E-state index contributed by atoms with van der Waals surface area (Å²) in [6.45, 7) is 6.69. The van der Waals surface area contributed by atoms with Crippen LogP contribution in [0.15, 0.2) is 18.2 Å². The van der Waals surface area contributed by atoms with Gasteiger partial charge >= 0.3 is 6.09 Å². The number of aliphatic hydroxyl groups is 1. The number of hydrogen-bond donors (Lipinski definition) is 1. The molecule has 8 nitrogen and oxygen atoms in total. The minimum atomic E-state index is -0.684. The highest BCUT2D eigenvalue weighted by atomic mass is 16.6. The third-order valence-corrected chi connectivity index (χ3v) is 4.37. The van der Waals surface area contributed by atoms with Crippen LogP contribution in [0.1, 0.15) is 24.2 Å². The van der Waals surface area contributed by atoms with E-state index in [1.807, 2.05) is 0 Å². The minimum absolute atomic E-state index is 0.0538. The number of β-amino-alcohol motifs (C(OH)–C–C–N with tert-alkyl or cyclic N) is 1. The number of methoxy groups -OCH3 is 1. The molecule has 0 bridgehead atoms. The molecular weight excluding hydrogens is 352 g/mol. The lowest BCUT2D eigenvalue weighted by Crippen LogP contribution is -2.51. The maximum atomic E-state index is 11.7. The maximum absolute atomic E-state index is 11.7. The zero-order valence-electron chi connectivity index (χ0n) is 16.1. The highest BCUT2D eigenvalue weighted by Crippen LogP contribution is 2.28. The van der Waals surface area contributed by atoms with Crippen molar-refractivity contribution in [2.24, 2.45) is 0 Å². The van der Waals surface area contributed by atoms with Crippen LogP contribution in [0.2, 0.25) is 0 Å². The molecule has 1 aliphatic heterocycles. The van der Waals surface area contributed by atoms with Crippen molar-refractivity contribution in [2.45, 2.75) is 20.0 Å². The molecule has 0 radical (unpaired) electrons. The van der Waals surface area contributed by atoms with Gasteiger partial charge in [0.25, 0.3) is 0 Å². The van der Waals surface area contributed by atoms with E-state index in [1.165, 1.54) is 14.0 Å². The van der Waals surface area contributed by atoms with E-state index in [2.05, 4.69) is 4.90 Å². The van der Waals surface area contributed by atoms with Crippen LogP contribution in [0.4, 0.5) is 4.79 Å². The Morgan fingerprint density at radius 3 is 2.48 bits per heavy atom. The number of benzene rings is 1. The van der Waals surface area contributed by atoms with Crippen LogP contribution < -0.4 is 9.47 Å². The number of Topliss-reactive ketones (excluding diaryl/α,β-unsaturated/α-hetero) is 1. The quantitative estimate of drug-likeness (QED) is 0.682. The lowest BCUT2D eigenvalue weighted by Gasteiger charge is -2.34. The molecular formula is C19H28N2O6. The first-order chi connectivity index (χ1) is 12.9. The Morgan fingerprint density at radius 2 is 1.89 bits per heavy atom. The fourth-order valence-electron chi connectivity index (χ4n) is 2.87. The van der Waals surface area contributed by atoms with E-state index in [0.717, 1.165) is 0 Å². The molecule has 1 unspecified atom stereocenters. The van der Waals surface area contributed by atoms with Gasteiger partial charge in [-0.15, -0.1) is 0 Å². The normalized spacial score (nSPS) is 15.9. The van der Waals surface area contributed by atoms with Gasteiger partial charge in [-0.05, 0) is 32.0 Å². The fraction of sp³-hybridized carbons (Fsp3) is 0.579. The number of aliphatic hydroxyl groups excluding tert-OH is 1. The Bertz CT molecular complexity index is 643. The van der Waals surface area contributed by atoms with Gasteiger partial charge in [0.1, 0.15) is 12.7 Å². The molecule has 150 valence electrons. The highest BCUT2D eigenvalue weighted by molar-refractivity contribution is 5.94. The third-order valence-electron chi connectivity index (χ3n) is 4.37.